The summed E-state index contributed by atoms with van der Waals surface area (Å²) in [5.41, 5.74) is -0.0319. The molecule has 0 aromatic carbocycles. The molecular formula is C15H29NO2. The van der Waals surface area contributed by atoms with E-state index in [9.17, 15) is 5.11 Å². The number of nitrogens with one attached hydrogen (secondary N) is 1. The van der Waals surface area contributed by atoms with Crippen LogP contribution < -0.4 is 5.32 Å². The second-order valence-electron chi connectivity index (χ2n) is 6.16. The molecule has 2 aliphatic rings. The van der Waals surface area contributed by atoms with Crippen molar-refractivity contribution in [1.82, 2.24) is 5.32 Å². The van der Waals surface area contributed by atoms with Gasteiger partial charge in [-0.25, -0.2) is 0 Å². The quantitative estimate of drug-likeness (QED) is 0.742. The maximum Gasteiger partial charge on any atom is 0.0700 e. The van der Waals surface area contributed by atoms with E-state index in [1.807, 2.05) is 0 Å². The zero-order valence-corrected chi connectivity index (χ0v) is 11.8. The van der Waals surface area contributed by atoms with Crippen molar-refractivity contribution >= 4 is 0 Å². The highest BCUT2D eigenvalue weighted by molar-refractivity contribution is 4.91. The van der Waals surface area contributed by atoms with E-state index in [0.717, 1.165) is 31.9 Å². The van der Waals surface area contributed by atoms with Crippen molar-refractivity contribution in [1.29, 1.82) is 0 Å². The Hall–Kier alpha value is -0.120. The van der Waals surface area contributed by atoms with Gasteiger partial charge in [0.1, 0.15) is 0 Å². The standard InChI is InChI=1S/C15H29NO2/c1-2-13-5-3-8-15(12-17,9-7-13)16-11-14-6-4-10-18-14/h13-14,16-17H,2-12H2,1H3. The molecule has 0 bridgehead atoms. The highest BCUT2D eigenvalue weighted by atomic mass is 16.5. The lowest BCUT2D eigenvalue weighted by molar-refractivity contribution is 0.0824. The summed E-state index contributed by atoms with van der Waals surface area (Å²) < 4.78 is 5.66. The summed E-state index contributed by atoms with van der Waals surface area (Å²) in [5, 5.41) is 13.4. The molecule has 0 amide bonds. The van der Waals surface area contributed by atoms with Crippen molar-refractivity contribution in [2.24, 2.45) is 5.92 Å². The molecule has 1 saturated carbocycles. The smallest absolute Gasteiger partial charge is 0.0700 e. The summed E-state index contributed by atoms with van der Waals surface area (Å²) in [6.45, 7) is 4.39. The topological polar surface area (TPSA) is 41.5 Å². The fourth-order valence-corrected chi connectivity index (χ4v) is 3.41. The summed E-state index contributed by atoms with van der Waals surface area (Å²) in [7, 11) is 0. The van der Waals surface area contributed by atoms with Crippen LogP contribution in [0.25, 0.3) is 0 Å². The van der Waals surface area contributed by atoms with E-state index in [1.165, 1.54) is 38.5 Å². The van der Waals surface area contributed by atoms with Crippen LogP contribution in [-0.4, -0.2) is 36.5 Å². The molecule has 1 saturated heterocycles. The van der Waals surface area contributed by atoms with Crippen LogP contribution in [0, 0.1) is 5.92 Å². The molecule has 0 aromatic rings. The van der Waals surface area contributed by atoms with E-state index < -0.39 is 0 Å². The number of ether oxygens (including phenoxy) is 1. The lowest BCUT2D eigenvalue weighted by Crippen LogP contribution is -2.50. The second-order valence-corrected chi connectivity index (χ2v) is 6.16. The number of hydrogen-bond acceptors (Lipinski definition) is 3. The van der Waals surface area contributed by atoms with Crippen molar-refractivity contribution in [3.8, 4) is 0 Å². The SMILES string of the molecule is CCC1CCCC(CO)(NCC2CCCO2)CC1. The average molecular weight is 255 g/mol. The Labute approximate surface area is 111 Å². The maximum atomic E-state index is 9.80. The van der Waals surface area contributed by atoms with Gasteiger partial charge in [0.25, 0.3) is 0 Å². The molecule has 18 heavy (non-hydrogen) atoms. The van der Waals surface area contributed by atoms with Crippen LogP contribution in [0.2, 0.25) is 0 Å². The van der Waals surface area contributed by atoms with Gasteiger partial charge in [-0.1, -0.05) is 26.2 Å². The van der Waals surface area contributed by atoms with E-state index in [4.69, 9.17) is 4.74 Å². The van der Waals surface area contributed by atoms with Crippen LogP contribution >= 0.6 is 0 Å². The molecule has 2 rings (SSSR count). The Balaban J connectivity index is 1.84. The van der Waals surface area contributed by atoms with E-state index >= 15 is 0 Å². The molecule has 0 radical (unpaired) electrons. The molecule has 0 aromatic heterocycles. The van der Waals surface area contributed by atoms with Gasteiger partial charge in [-0.3, -0.25) is 0 Å². The van der Waals surface area contributed by atoms with Crippen molar-refractivity contribution < 1.29 is 9.84 Å². The normalized spacial score (nSPS) is 37.7. The van der Waals surface area contributed by atoms with E-state index in [0.29, 0.717) is 6.10 Å². The van der Waals surface area contributed by atoms with Crippen LogP contribution in [-0.2, 0) is 4.74 Å². The zero-order valence-electron chi connectivity index (χ0n) is 11.8. The average Bonchev–Trinajstić information content (AvgIpc) is 2.83. The van der Waals surface area contributed by atoms with Gasteiger partial charge in [-0.15, -0.1) is 0 Å². The highest BCUT2D eigenvalue weighted by Crippen LogP contribution is 2.32. The van der Waals surface area contributed by atoms with Gasteiger partial charge in [-0.05, 0) is 38.0 Å². The van der Waals surface area contributed by atoms with Crippen LogP contribution in [0.15, 0.2) is 0 Å². The summed E-state index contributed by atoms with van der Waals surface area (Å²) in [6.07, 6.45) is 10.1. The van der Waals surface area contributed by atoms with Crippen molar-refractivity contribution in [2.45, 2.75) is 69.9 Å². The predicted octanol–water partition coefficient (Wildman–Crippen LogP) is 2.48. The third-order valence-corrected chi connectivity index (χ3v) is 4.91. The van der Waals surface area contributed by atoms with Crippen molar-refractivity contribution in [2.75, 3.05) is 19.8 Å². The van der Waals surface area contributed by atoms with Crippen molar-refractivity contribution in [3.05, 3.63) is 0 Å². The Morgan fingerprint density at radius 1 is 1.22 bits per heavy atom. The van der Waals surface area contributed by atoms with Crippen LogP contribution in [0.4, 0.5) is 0 Å². The minimum Gasteiger partial charge on any atom is -0.394 e. The first-order valence-electron chi connectivity index (χ1n) is 7.75. The minimum atomic E-state index is -0.0319. The Morgan fingerprint density at radius 2 is 2.11 bits per heavy atom. The van der Waals surface area contributed by atoms with Crippen molar-refractivity contribution in [3.63, 3.8) is 0 Å². The van der Waals surface area contributed by atoms with Crippen LogP contribution in [0.1, 0.15) is 58.3 Å². The van der Waals surface area contributed by atoms with E-state index in [2.05, 4.69) is 12.2 Å². The first-order valence-corrected chi connectivity index (χ1v) is 7.75. The van der Waals surface area contributed by atoms with E-state index in [1.54, 1.807) is 0 Å². The molecule has 2 N–H and O–H groups in total. The lowest BCUT2D eigenvalue weighted by Gasteiger charge is -2.33. The monoisotopic (exact) mass is 255 g/mol. The van der Waals surface area contributed by atoms with E-state index in [-0.39, 0.29) is 12.1 Å². The molecule has 1 aliphatic carbocycles. The van der Waals surface area contributed by atoms with Gasteiger partial charge < -0.3 is 15.2 Å². The fraction of sp³-hybridized carbons (Fsp3) is 1.00. The summed E-state index contributed by atoms with van der Waals surface area (Å²) in [6, 6.07) is 0. The first kappa shape index (κ1) is 14.3. The summed E-state index contributed by atoms with van der Waals surface area (Å²) in [4.78, 5) is 0. The van der Waals surface area contributed by atoms with Gasteiger partial charge in [0.15, 0.2) is 0 Å². The Morgan fingerprint density at radius 3 is 2.78 bits per heavy atom. The number of rotatable bonds is 5. The predicted molar refractivity (Wildman–Crippen MR) is 73.7 cm³/mol. The second kappa shape index (κ2) is 6.88. The summed E-state index contributed by atoms with van der Waals surface area (Å²) >= 11 is 0. The minimum absolute atomic E-state index is 0.0319. The maximum absolute atomic E-state index is 9.80. The largest absolute Gasteiger partial charge is 0.394 e. The highest BCUT2D eigenvalue weighted by Gasteiger charge is 2.32. The molecule has 106 valence electrons. The number of aliphatic hydroxyl groups excluding tert-OH is 1. The number of hydrogen-bond donors (Lipinski definition) is 2. The molecular weight excluding hydrogens is 226 g/mol. The molecule has 1 aliphatic heterocycles. The summed E-state index contributed by atoms with van der Waals surface area (Å²) in [5.74, 6) is 0.864. The first-order chi connectivity index (χ1) is 8.78. The van der Waals surface area contributed by atoms with Gasteiger partial charge in [0.05, 0.1) is 12.7 Å². The van der Waals surface area contributed by atoms with Crippen LogP contribution in [0.3, 0.4) is 0 Å². The van der Waals surface area contributed by atoms with Gasteiger partial charge in [-0.2, -0.15) is 0 Å². The van der Waals surface area contributed by atoms with Gasteiger partial charge >= 0.3 is 0 Å². The molecule has 3 heteroatoms. The molecule has 3 unspecified atom stereocenters. The molecule has 1 heterocycles. The van der Waals surface area contributed by atoms with Gasteiger partial charge in [0.2, 0.25) is 0 Å². The third-order valence-electron chi connectivity index (χ3n) is 4.91. The number of aliphatic hydroxyl groups is 1. The lowest BCUT2D eigenvalue weighted by atomic mass is 9.89. The molecule has 3 nitrogen and oxygen atoms in total. The Bertz CT molecular complexity index is 241. The van der Waals surface area contributed by atoms with Crippen LogP contribution in [0.5, 0.6) is 0 Å². The van der Waals surface area contributed by atoms with Gasteiger partial charge in [0, 0.05) is 18.7 Å². The molecule has 3 atom stereocenters. The fourth-order valence-electron chi connectivity index (χ4n) is 3.41. The molecule has 0 spiro atoms. The molecule has 2 fully saturated rings. The zero-order chi connectivity index (χ0) is 12.8. The Kier molecular flexibility index (Phi) is 5.46. The third kappa shape index (κ3) is 3.69.